The number of nitrogens with zero attached hydrogens (tertiary/aromatic N) is 2. The van der Waals surface area contributed by atoms with Crippen LogP contribution < -0.4 is 4.90 Å². The van der Waals surface area contributed by atoms with E-state index >= 15 is 0 Å². The number of halogens is 1. The highest BCUT2D eigenvalue weighted by molar-refractivity contribution is 6.34. The van der Waals surface area contributed by atoms with Gasteiger partial charge < -0.3 is 24.4 Å². The number of hydrogen-bond acceptors (Lipinski definition) is 6. The molecule has 1 N–H and O–H groups in total. The van der Waals surface area contributed by atoms with Crippen molar-refractivity contribution in [1.82, 2.24) is 4.90 Å². The second kappa shape index (κ2) is 11.2. The summed E-state index contributed by atoms with van der Waals surface area (Å²) in [5.41, 5.74) is -0.711. The van der Waals surface area contributed by atoms with Crippen LogP contribution in [0.4, 0.5) is 5.69 Å². The number of fused-ring (bicyclic) bond motifs is 1. The normalized spacial score (nSPS) is 29.3. The standard InChI is InChI=1S/C29H37ClN2O6/c1-5-8-18-37-27(36)22-21-25(34)32(16-10-17-33)24(29(21)14-13-28(22,7-3)38-29)26(35)31(15-6-2)23-19(4)11-9-12-20(23)30/h5-6,9,11-12,21-22,24,33H,1-2,7-8,10,13-18H2,3-4H3/t21-,22-,24?,28+,29?/m0/s1. The van der Waals surface area contributed by atoms with Crippen molar-refractivity contribution in [3.8, 4) is 0 Å². The number of ether oxygens (including phenoxy) is 2. The zero-order valence-corrected chi connectivity index (χ0v) is 22.9. The number of esters is 1. The van der Waals surface area contributed by atoms with Gasteiger partial charge in [0.05, 0.1) is 28.8 Å². The number of carbonyl (C=O) groups is 3. The molecule has 206 valence electrons. The van der Waals surface area contributed by atoms with Gasteiger partial charge in [-0.1, -0.05) is 42.8 Å². The molecule has 0 radical (unpaired) electrons. The third kappa shape index (κ3) is 4.36. The van der Waals surface area contributed by atoms with Gasteiger partial charge in [0.1, 0.15) is 17.6 Å². The van der Waals surface area contributed by atoms with Gasteiger partial charge in [-0.3, -0.25) is 14.4 Å². The number of aryl methyl sites for hydroxylation is 1. The number of benzene rings is 1. The van der Waals surface area contributed by atoms with Crippen LogP contribution in [0.2, 0.25) is 5.02 Å². The van der Waals surface area contributed by atoms with E-state index in [2.05, 4.69) is 13.2 Å². The lowest BCUT2D eigenvalue weighted by Crippen LogP contribution is -2.56. The zero-order valence-electron chi connectivity index (χ0n) is 22.2. The van der Waals surface area contributed by atoms with E-state index in [0.717, 1.165) is 5.56 Å². The summed E-state index contributed by atoms with van der Waals surface area (Å²) in [6.45, 7) is 11.7. The molecular formula is C29H37ClN2O6. The second-order valence-electron chi connectivity index (χ2n) is 10.3. The molecule has 2 unspecified atom stereocenters. The Balaban J connectivity index is 1.81. The van der Waals surface area contributed by atoms with Gasteiger partial charge in [0.25, 0.3) is 5.91 Å². The first-order chi connectivity index (χ1) is 18.2. The fraction of sp³-hybridized carbons (Fsp3) is 0.552. The van der Waals surface area contributed by atoms with Crippen molar-refractivity contribution in [1.29, 1.82) is 0 Å². The van der Waals surface area contributed by atoms with Gasteiger partial charge in [0.15, 0.2) is 0 Å². The van der Waals surface area contributed by atoms with Gasteiger partial charge in [0, 0.05) is 19.7 Å². The molecule has 2 amide bonds. The molecular weight excluding hydrogens is 508 g/mol. The van der Waals surface area contributed by atoms with Gasteiger partial charge in [-0.25, -0.2) is 0 Å². The molecule has 0 aliphatic carbocycles. The number of rotatable bonds is 12. The fourth-order valence-electron chi connectivity index (χ4n) is 6.70. The molecule has 38 heavy (non-hydrogen) atoms. The third-order valence-corrected chi connectivity index (χ3v) is 8.63. The first-order valence-electron chi connectivity index (χ1n) is 13.3. The molecule has 0 saturated carbocycles. The largest absolute Gasteiger partial charge is 0.465 e. The quantitative estimate of drug-likeness (QED) is 0.244. The van der Waals surface area contributed by atoms with Crippen LogP contribution in [0, 0.1) is 18.8 Å². The summed E-state index contributed by atoms with van der Waals surface area (Å²) in [4.78, 5) is 45.1. The number of para-hydroxylation sites is 1. The van der Waals surface area contributed by atoms with Crippen molar-refractivity contribution >= 4 is 35.1 Å². The maximum atomic E-state index is 14.5. The predicted octanol–water partition coefficient (Wildman–Crippen LogP) is 3.82. The lowest BCUT2D eigenvalue weighted by Gasteiger charge is -2.37. The van der Waals surface area contributed by atoms with Crippen LogP contribution in [0.25, 0.3) is 0 Å². The van der Waals surface area contributed by atoms with Crippen molar-refractivity contribution in [2.24, 2.45) is 11.8 Å². The first kappa shape index (κ1) is 28.3. The highest BCUT2D eigenvalue weighted by Gasteiger charge is 2.79. The summed E-state index contributed by atoms with van der Waals surface area (Å²) in [6, 6.07) is 4.42. The molecule has 5 atom stereocenters. The lowest BCUT2D eigenvalue weighted by atomic mass is 9.65. The number of aliphatic hydroxyl groups excluding tert-OH is 1. The van der Waals surface area contributed by atoms with E-state index in [4.69, 9.17) is 21.1 Å². The summed E-state index contributed by atoms with van der Waals surface area (Å²) in [6.07, 6.45) is 5.58. The van der Waals surface area contributed by atoms with Crippen LogP contribution in [0.1, 0.15) is 44.6 Å². The molecule has 3 fully saturated rings. The molecule has 9 heteroatoms. The van der Waals surface area contributed by atoms with Crippen molar-refractivity contribution in [2.45, 2.75) is 63.2 Å². The van der Waals surface area contributed by atoms with Gasteiger partial charge in [-0.2, -0.15) is 0 Å². The number of anilines is 1. The minimum Gasteiger partial charge on any atom is -0.465 e. The number of carbonyl (C=O) groups excluding carboxylic acids is 3. The van der Waals surface area contributed by atoms with E-state index in [0.29, 0.717) is 36.4 Å². The topological polar surface area (TPSA) is 96.4 Å². The van der Waals surface area contributed by atoms with Gasteiger partial charge in [0.2, 0.25) is 5.91 Å². The van der Waals surface area contributed by atoms with Crippen LogP contribution in [-0.2, 0) is 23.9 Å². The maximum Gasteiger partial charge on any atom is 0.312 e. The summed E-state index contributed by atoms with van der Waals surface area (Å²) >= 11 is 6.58. The summed E-state index contributed by atoms with van der Waals surface area (Å²) in [7, 11) is 0. The Morgan fingerprint density at radius 3 is 2.71 bits per heavy atom. The number of likely N-dealkylation sites (tertiary alicyclic amines) is 1. The Hall–Kier alpha value is -2.68. The zero-order chi connectivity index (χ0) is 27.7. The predicted molar refractivity (Wildman–Crippen MR) is 145 cm³/mol. The van der Waals surface area contributed by atoms with Gasteiger partial charge >= 0.3 is 5.97 Å². The Kier molecular flexibility index (Phi) is 8.35. The van der Waals surface area contributed by atoms with Crippen LogP contribution in [0.5, 0.6) is 0 Å². The van der Waals surface area contributed by atoms with Crippen molar-refractivity contribution in [2.75, 3.05) is 31.2 Å². The van der Waals surface area contributed by atoms with Gasteiger partial charge in [-0.05, 0) is 50.7 Å². The Bertz CT molecular complexity index is 1100. The average Bonchev–Trinajstić information content (AvgIpc) is 3.50. The lowest BCUT2D eigenvalue weighted by molar-refractivity contribution is -0.160. The molecule has 0 aromatic heterocycles. The van der Waals surface area contributed by atoms with Gasteiger partial charge in [-0.15, -0.1) is 13.2 Å². The molecule has 4 rings (SSSR count). The number of hydrogen-bond donors (Lipinski definition) is 1. The average molecular weight is 545 g/mol. The molecule has 3 aliphatic heterocycles. The molecule has 3 saturated heterocycles. The number of amides is 2. The minimum atomic E-state index is -1.18. The molecule has 2 bridgehead atoms. The molecule has 1 aromatic carbocycles. The Morgan fingerprint density at radius 2 is 2.08 bits per heavy atom. The van der Waals surface area contributed by atoms with E-state index in [9.17, 15) is 19.5 Å². The van der Waals surface area contributed by atoms with Crippen molar-refractivity contribution < 1.29 is 29.0 Å². The minimum absolute atomic E-state index is 0.144. The first-order valence-corrected chi connectivity index (χ1v) is 13.7. The van der Waals surface area contributed by atoms with E-state index in [-0.39, 0.29) is 44.5 Å². The van der Waals surface area contributed by atoms with Crippen molar-refractivity contribution in [3.63, 3.8) is 0 Å². The van der Waals surface area contributed by atoms with Crippen molar-refractivity contribution in [3.05, 3.63) is 54.1 Å². The molecule has 1 aromatic rings. The molecule has 8 nitrogen and oxygen atoms in total. The van der Waals surface area contributed by atoms with Crippen LogP contribution in [0.3, 0.4) is 0 Å². The van der Waals surface area contributed by atoms with E-state index in [1.165, 1.54) is 4.90 Å². The maximum absolute atomic E-state index is 14.5. The Labute approximate surface area is 229 Å². The summed E-state index contributed by atoms with van der Waals surface area (Å²) in [5.74, 6) is -2.80. The smallest absolute Gasteiger partial charge is 0.312 e. The van der Waals surface area contributed by atoms with Crippen LogP contribution >= 0.6 is 11.6 Å². The highest BCUT2D eigenvalue weighted by Crippen LogP contribution is 2.64. The SMILES string of the molecule is C=CCCOC(=O)[C@@H]1[C@H]2C(=O)N(CCCO)C(C(=O)N(CC=C)c3c(C)cccc3Cl)C23CC[C@@]1(CC)O3. The van der Waals surface area contributed by atoms with Crippen LogP contribution in [-0.4, -0.2) is 71.3 Å². The van der Waals surface area contributed by atoms with Crippen LogP contribution in [0.15, 0.2) is 43.5 Å². The molecule has 3 heterocycles. The van der Waals surface area contributed by atoms with E-state index in [1.54, 1.807) is 23.1 Å². The monoisotopic (exact) mass is 544 g/mol. The fourth-order valence-corrected chi connectivity index (χ4v) is 7.03. The number of aliphatic hydroxyl groups is 1. The second-order valence-corrected chi connectivity index (χ2v) is 10.7. The Morgan fingerprint density at radius 1 is 1.32 bits per heavy atom. The highest BCUT2D eigenvalue weighted by atomic mass is 35.5. The third-order valence-electron chi connectivity index (χ3n) is 8.33. The van der Waals surface area contributed by atoms with E-state index in [1.807, 2.05) is 26.0 Å². The molecule has 1 spiro atoms. The van der Waals surface area contributed by atoms with E-state index < -0.39 is 35.0 Å². The summed E-state index contributed by atoms with van der Waals surface area (Å²) in [5, 5.41) is 9.99. The summed E-state index contributed by atoms with van der Waals surface area (Å²) < 4.78 is 12.3. The molecule has 3 aliphatic rings.